The zero-order valence-corrected chi connectivity index (χ0v) is 21.1. The number of ether oxygens (including phenoxy) is 1. The summed E-state index contributed by atoms with van der Waals surface area (Å²) in [5, 5.41) is 9.24. The third-order valence-corrected chi connectivity index (χ3v) is 5.88. The highest BCUT2D eigenvalue weighted by Gasteiger charge is 2.18. The Morgan fingerprint density at radius 3 is 2.44 bits per heavy atom. The minimum absolute atomic E-state index is 0.103. The summed E-state index contributed by atoms with van der Waals surface area (Å²) in [7, 11) is 0. The predicted octanol–water partition coefficient (Wildman–Crippen LogP) is 5.72. The number of aryl methyl sites for hydroxylation is 2. The molecule has 2 aromatic carbocycles. The van der Waals surface area contributed by atoms with Crippen molar-refractivity contribution in [3.05, 3.63) is 65.2 Å². The smallest absolute Gasteiger partial charge is 0.335 e. The highest BCUT2D eigenvalue weighted by atomic mass is 32.2. The maximum absolute atomic E-state index is 11.3. The van der Waals surface area contributed by atoms with Gasteiger partial charge in [-0.15, -0.1) is 0 Å². The lowest BCUT2D eigenvalue weighted by molar-refractivity contribution is 0.0696. The van der Waals surface area contributed by atoms with E-state index in [1.807, 2.05) is 44.2 Å². The Balaban J connectivity index is 1.88. The number of hydrogen-bond donors (Lipinski definition) is 3. The van der Waals surface area contributed by atoms with Gasteiger partial charge in [-0.2, -0.15) is 4.98 Å². The second-order valence-electron chi connectivity index (χ2n) is 9.55. The van der Waals surface area contributed by atoms with Crippen LogP contribution in [0.25, 0.3) is 11.3 Å². The summed E-state index contributed by atoms with van der Waals surface area (Å²) >= 11 is 1.24. The Hall–Kier alpha value is -3.10. The molecular weight excluding hydrogens is 448 g/mol. The molecule has 180 valence electrons. The number of hydrogen-bond acceptors (Lipinski definition) is 7. The van der Waals surface area contributed by atoms with Gasteiger partial charge < -0.3 is 15.6 Å². The first-order valence-electron chi connectivity index (χ1n) is 11.1. The molecule has 34 heavy (non-hydrogen) atoms. The van der Waals surface area contributed by atoms with Crippen molar-refractivity contribution in [1.29, 1.82) is 0 Å². The van der Waals surface area contributed by atoms with Gasteiger partial charge in [-0.25, -0.2) is 9.78 Å². The molecule has 1 aromatic heterocycles. The number of nitrogens with two attached hydrogens (primary N) is 1. The zero-order valence-electron chi connectivity index (χ0n) is 20.3. The average Bonchev–Trinajstić information content (AvgIpc) is 2.75. The molecule has 4 N–H and O–H groups in total. The summed E-state index contributed by atoms with van der Waals surface area (Å²) in [5.41, 5.74) is 10.6. The molecule has 7 nitrogen and oxygen atoms in total. The minimum Gasteiger partial charge on any atom is -0.478 e. The van der Waals surface area contributed by atoms with Crippen LogP contribution in [-0.4, -0.2) is 33.7 Å². The van der Waals surface area contributed by atoms with Crippen molar-refractivity contribution in [2.45, 2.75) is 52.0 Å². The van der Waals surface area contributed by atoms with Crippen LogP contribution in [0.3, 0.4) is 0 Å². The van der Waals surface area contributed by atoms with E-state index in [0.717, 1.165) is 33.7 Å². The summed E-state index contributed by atoms with van der Waals surface area (Å²) in [6, 6.07) is 14.5. The number of anilines is 1. The number of aromatic nitrogens is 2. The number of nitrogens with one attached hydrogen (secondary N) is 1. The maximum Gasteiger partial charge on any atom is 0.335 e. The van der Waals surface area contributed by atoms with Gasteiger partial charge in [0.2, 0.25) is 11.8 Å². The highest BCUT2D eigenvalue weighted by Crippen LogP contribution is 2.30. The van der Waals surface area contributed by atoms with Crippen LogP contribution in [0.15, 0.2) is 53.4 Å². The summed E-state index contributed by atoms with van der Waals surface area (Å²) in [6.45, 7) is 10.9. The van der Waals surface area contributed by atoms with Gasteiger partial charge in [-0.1, -0.05) is 45.0 Å². The molecule has 0 spiro atoms. The Bertz CT molecular complexity index is 1140. The van der Waals surface area contributed by atoms with Crippen LogP contribution in [0, 0.1) is 19.3 Å². The van der Waals surface area contributed by atoms with Crippen LogP contribution in [0.2, 0.25) is 0 Å². The van der Waals surface area contributed by atoms with Gasteiger partial charge in [0, 0.05) is 22.6 Å². The highest BCUT2D eigenvalue weighted by molar-refractivity contribution is 8.00. The number of carboxylic acid groups (broad SMARTS) is 1. The van der Waals surface area contributed by atoms with Gasteiger partial charge in [0.25, 0.3) is 0 Å². The van der Waals surface area contributed by atoms with E-state index in [1.165, 1.54) is 11.9 Å². The van der Waals surface area contributed by atoms with E-state index < -0.39 is 5.97 Å². The van der Waals surface area contributed by atoms with Crippen molar-refractivity contribution in [2.75, 3.05) is 11.3 Å². The SMILES string of the molecule is Cc1cccc(C)c1-c1cc(OCC(N)CC(C)(C)C)nc(NSc2cccc(C(=O)O)c2)n1. The van der Waals surface area contributed by atoms with Crippen LogP contribution >= 0.6 is 11.9 Å². The number of carbonyl (C=O) groups is 1. The molecule has 0 aliphatic heterocycles. The van der Waals surface area contributed by atoms with Gasteiger partial charge in [-0.3, -0.25) is 4.72 Å². The van der Waals surface area contributed by atoms with Crippen LogP contribution in [0.5, 0.6) is 5.88 Å². The molecule has 0 aliphatic carbocycles. The molecule has 0 bridgehead atoms. The van der Waals surface area contributed by atoms with E-state index in [1.54, 1.807) is 18.2 Å². The van der Waals surface area contributed by atoms with E-state index in [4.69, 9.17) is 15.5 Å². The van der Waals surface area contributed by atoms with Crippen molar-refractivity contribution in [3.8, 4) is 17.1 Å². The number of nitrogens with zero attached hydrogens (tertiary/aromatic N) is 2. The standard InChI is InChI=1S/C26H32N4O3S/c1-16-8-6-9-17(2)23(16)21-13-22(33-15-19(27)14-26(3,4)5)29-25(28-21)30-34-20-11-7-10-18(12-20)24(31)32/h6-13,19H,14-15,27H2,1-5H3,(H,31,32)(H,28,29,30). The Labute approximate surface area is 205 Å². The third kappa shape index (κ3) is 7.20. The number of rotatable bonds is 9. The topological polar surface area (TPSA) is 110 Å². The fourth-order valence-corrected chi connectivity index (χ4v) is 4.36. The van der Waals surface area contributed by atoms with Crippen LogP contribution in [0.4, 0.5) is 5.95 Å². The lowest BCUT2D eigenvalue weighted by Crippen LogP contribution is -2.32. The molecule has 0 fully saturated rings. The first-order chi connectivity index (χ1) is 16.0. The van der Waals surface area contributed by atoms with Crippen LogP contribution < -0.4 is 15.2 Å². The van der Waals surface area contributed by atoms with Gasteiger partial charge in [0.05, 0.1) is 11.3 Å². The van der Waals surface area contributed by atoms with Crippen molar-refractivity contribution >= 4 is 23.9 Å². The molecule has 3 rings (SSSR count). The van der Waals surface area contributed by atoms with E-state index in [9.17, 15) is 9.90 Å². The number of aromatic carboxylic acids is 1. The molecule has 1 heterocycles. The largest absolute Gasteiger partial charge is 0.478 e. The average molecular weight is 481 g/mol. The summed E-state index contributed by atoms with van der Waals surface area (Å²) in [4.78, 5) is 21.2. The molecule has 0 amide bonds. The Morgan fingerprint density at radius 2 is 1.79 bits per heavy atom. The number of carboxylic acids is 1. The summed E-state index contributed by atoms with van der Waals surface area (Å²) < 4.78 is 9.13. The molecule has 8 heteroatoms. The van der Waals surface area contributed by atoms with Crippen LogP contribution in [-0.2, 0) is 0 Å². The fraction of sp³-hybridized carbons (Fsp3) is 0.346. The molecular formula is C26H32N4O3S. The fourth-order valence-electron chi connectivity index (χ4n) is 3.73. The quantitative estimate of drug-likeness (QED) is 0.334. The van der Waals surface area contributed by atoms with Gasteiger partial charge in [-0.05, 0) is 67.0 Å². The van der Waals surface area contributed by atoms with E-state index >= 15 is 0 Å². The van der Waals surface area contributed by atoms with Crippen molar-refractivity contribution in [1.82, 2.24) is 9.97 Å². The molecule has 3 aromatic rings. The molecule has 0 aliphatic rings. The molecule has 0 radical (unpaired) electrons. The number of benzene rings is 2. The zero-order chi connectivity index (χ0) is 24.9. The van der Waals surface area contributed by atoms with Crippen molar-refractivity contribution in [3.63, 3.8) is 0 Å². The Kier molecular flexibility index (Phi) is 8.17. The minimum atomic E-state index is -0.974. The first kappa shape index (κ1) is 25.5. The second kappa shape index (κ2) is 10.9. The van der Waals surface area contributed by atoms with E-state index in [2.05, 4.69) is 30.5 Å². The molecule has 1 unspecified atom stereocenters. The van der Waals surface area contributed by atoms with E-state index in [-0.39, 0.29) is 17.0 Å². The van der Waals surface area contributed by atoms with Gasteiger partial charge in [0.1, 0.15) is 6.61 Å². The predicted molar refractivity (Wildman–Crippen MR) is 137 cm³/mol. The Morgan fingerprint density at radius 1 is 1.12 bits per heavy atom. The second-order valence-corrected chi connectivity index (χ2v) is 10.4. The third-order valence-electron chi connectivity index (χ3n) is 5.10. The van der Waals surface area contributed by atoms with Gasteiger partial charge >= 0.3 is 5.97 Å². The van der Waals surface area contributed by atoms with Gasteiger partial charge in [0.15, 0.2) is 0 Å². The normalized spacial score (nSPS) is 12.3. The lowest BCUT2D eigenvalue weighted by atomic mass is 9.89. The van der Waals surface area contributed by atoms with Crippen LogP contribution in [0.1, 0.15) is 48.7 Å². The van der Waals surface area contributed by atoms with E-state index in [0.29, 0.717) is 18.4 Å². The molecule has 0 saturated heterocycles. The summed E-state index contributed by atoms with van der Waals surface area (Å²) in [6.07, 6.45) is 0.822. The monoisotopic (exact) mass is 480 g/mol. The molecule has 0 saturated carbocycles. The lowest BCUT2D eigenvalue weighted by Gasteiger charge is -2.23. The summed E-state index contributed by atoms with van der Waals surface area (Å²) in [5.74, 6) is -0.178. The molecule has 1 atom stereocenters. The van der Waals surface area contributed by atoms with Crippen molar-refractivity contribution in [2.24, 2.45) is 11.1 Å². The first-order valence-corrected chi connectivity index (χ1v) is 11.9. The maximum atomic E-state index is 11.3. The van der Waals surface area contributed by atoms with Crippen molar-refractivity contribution < 1.29 is 14.6 Å².